The van der Waals surface area contributed by atoms with Crippen LogP contribution in [0, 0.1) is 17.3 Å². The van der Waals surface area contributed by atoms with E-state index in [-0.39, 0.29) is 0 Å². The average molecular weight is 393 g/mol. The van der Waals surface area contributed by atoms with Gasteiger partial charge in [-0.3, -0.25) is 4.90 Å². The number of para-hydroxylation sites is 1. The molecular weight excluding hydrogens is 364 g/mol. The fourth-order valence-electron chi connectivity index (χ4n) is 6.17. The average Bonchev–Trinajstić information content (AvgIpc) is 3.42. The third-order valence-electron chi connectivity index (χ3n) is 8.11. The molecule has 3 aromatic rings. The second kappa shape index (κ2) is 6.21. The van der Waals surface area contributed by atoms with Crippen molar-refractivity contribution in [3.8, 4) is 0 Å². The van der Waals surface area contributed by atoms with Gasteiger partial charge >= 0.3 is 0 Å². The zero-order valence-electron chi connectivity index (χ0n) is 17.4. The Kier molecular flexibility index (Phi) is 3.55. The Morgan fingerprint density at radius 3 is 2.70 bits per heavy atom. The van der Waals surface area contributed by atoms with Crippen LogP contribution in [0.15, 0.2) is 77.9 Å². The van der Waals surface area contributed by atoms with E-state index in [1.807, 2.05) is 0 Å². The van der Waals surface area contributed by atoms with Gasteiger partial charge < -0.3 is 4.98 Å². The number of allylic oxidation sites excluding steroid dienone is 6. The van der Waals surface area contributed by atoms with Crippen molar-refractivity contribution >= 4 is 21.8 Å². The molecule has 1 N–H and O–H groups in total. The molecule has 0 amide bonds. The van der Waals surface area contributed by atoms with E-state index in [4.69, 9.17) is 0 Å². The van der Waals surface area contributed by atoms with Crippen molar-refractivity contribution in [2.75, 3.05) is 13.1 Å². The van der Waals surface area contributed by atoms with Gasteiger partial charge in [-0.05, 0) is 79.9 Å². The normalized spacial score (nSPS) is 27.1. The molecule has 1 saturated heterocycles. The summed E-state index contributed by atoms with van der Waals surface area (Å²) < 4.78 is 0. The molecule has 4 aliphatic rings. The van der Waals surface area contributed by atoms with E-state index in [0.717, 1.165) is 18.4 Å². The Hall–Kier alpha value is -2.58. The lowest BCUT2D eigenvalue weighted by molar-refractivity contribution is 0.153. The summed E-state index contributed by atoms with van der Waals surface area (Å²) in [6.07, 6.45) is 15.4. The number of rotatable bonds is 2. The number of nitrogens with zero attached hydrogens (tertiary/aromatic N) is 1. The molecule has 1 saturated carbocycles. The van der Waals surface area contributed by atoms with Crippen molar-refractivity contribution < 1.29 is 0 Å². The summed E-state index contributed by atoms with van der Waals surface area (Å²) in [5, 5.41) is 2.69. The second-order valence-electron chi connectivity index (χ2n) is 9.99. The zero-order valence-corrected chi connectivity index (χ0v) is 17.4. The third-order valence-corrected chi connectivity index (χ3v) is 8.11. The smallest absolute Gasteiger partial charge is 0.0465 e. The van der Waals surface area contributed by atoms with Crippen LogP contribution in [0.3, 0.4) is 0 Å². The summed E-state index contributed by atoms with van der Waals surface area (Å²) in [4.78, 5) is 6.21. The number of nitrogens with one attached hydrogen (secondary N) is 1. The zero-order chi connectivity index (χ0) is 19.7. The third kappa shape index (κ3) is 2.66. The van der Waals surface area contributed by atoms with E-state index in [0.29, 0.717) is 5.41 Å². The van der Waals surface area contributed by atoms with Crippen LogP contribution in [0.5, 0.6) is 0 Å². The number of aromatic amines is 1. The maximum atomic E-state index is 3.55. The molecule has 7 rings (SSSR count). The summed E-state index contributed by atoms with van der Waals surface area (Å²) in [6.45, 7) is 3.45. The van der Waals surface area contributed by atoms with Crippen LogP contribution in [0.4, 0.5) is 0 Å². The highest BCUT2D eigenvalue weighted by Gasteiger charge is 2.43. The standard InChI is InChI=1S/C28H28N2/c1-2-4-26-24(3-1)25-15-20(5-6-27(25)29-26)18-30-11-9-28(10-12-30)8-7-19-13-21-16-22(21)17-23(28)14-19/h1-8,13,15,17,21-22,29H,9-12,14,16,18H2. The molecule has 2 unspecified atom stereocenters. The Labute approximate surface area is 178 Å². The highest BCUT2D eigenvalue weighted by Crippen LogP contribution is 2.53. The van der Waals surface area contributed by atoms with Crippen LogP contribution in [0.25, 0.3) is 21.8 Å². The Morgan fingerprint density at radius 1 is 0.933 bits per heavy atom. The topological polar surface area (TPSA) is 19.0 Å². The van der Waals surface area contributed by atoms with Crippen LogP contribution in [0.1, 0.15) is 31.2 Å². The van der Waals surface area contributed by atoms with Crippen molar-refractivity contribution in [3.05, 3.63) is 83.5 Å². The maximum Gasteiger partial charge on any atom is 0.0465 e. The summed E-state index contributed by atoms with van der Waals surface area (Å²) in [7, 11) is 0. The number of hydrogen-bond acceptors (Lipinski definition) is 1. The molecule has 2 aromatic carbocycles. The van der Waals surface area contributed by atoms with Gasteiger partial charge in [0.15, 0.2) is 0 Å². The number of piperidine rings is 1. The van der Waals surface area contributed by atoms with Crippen LogP contribution in [-0.4, -0.2) is 23.0 Å². The Bertz CT molecular complexity index is 1250. The summed E-state index contributed by atoms with van der Waals surface area (Å²) >= 11 is 0. The lowest BCUT2D eigenvalue weighted by Gasteiger charge is -2.44. The Morgan fingerprint density at radius 2 is 1.77 bits per heavy atom. The predicted molar refractivity (Wildman–Crippen MR) is 124 cm³/mol. The lowest BCUT2D eigenvalue weighted by atomic mass is 9.67. The van der Waals surface area contributed by atoms with Crippen LogP contribution in [-0.2, 0) is 6.54 Å². The van der Waals surface area contributed by atoms with E-state index < -0.39 is 0 Å². The summed E-state index contributed by atoms with van der Waals surface area (Å²) in [5.74, 6) is 1.69. The molecule has 2 heterocycles. The highest BCUT2D eigenvalue weighted by molar-refractivity contribution is 6.07. The molecule has 150 valence electrons. The molecule has 2 nitrogen and oxygen atoms in total. The molecule has 3 aliphatic carbocycles. The number of aromatic nitrogens is 1. The number of hydrogen-bond donors (Lipinski definition) is 1. The van der Waals surface area contributed by atoms with Crippen molar-refractivity contribution in [2.45, 2.75) is 32.2 Å². The van der Waals surface area contributed by atoms with E-state index >= 15 is 0 Å². The summed E-state index contributed by atoms with van der Waals surface area (Å²) in [6, 6.07) is 15.6. The van der Waals surface area contributed by atoms with Crippen molar-refractivity contribution in [3.63, 3.8) is 0 Å². The van der Waals surface area contributed by atoms with Gasteiger partial charge in [-0.1, -0.05) is 54.1 Å². The van der Waals surface area contributed by atoms with E-state index in [9.17, 15) is 0 Å². The predicted octanol–water partition coefficient (Wildman–Crippen LogP) is 6.37. The minimum absolute atomic E-state index is 0.339. The molecule has 30 heavy (non-hydrogen) atoms. The largest absolute Gasteiger partial charge is 0.355 e. The molecule has 2 atom stereocenters. The van der Waals surface area contributed by atoms with Gasteiger partial charge in [0.05, 0.1) is 0 Å². The molecular formula is C28H28N2. The Balaban J connectivity index is 1.12. The quantitative estimate of drug-likeness (QED) is 0.502. The molecule has 2 heteroatoms. The van der Waals surface area contributed by atoms with Gasteiger partial charge in [-0.15, -0.1) is 0 Å². The van der Waals surface area contributed by atoms with Crippen molar-refractivity contribution in [2.24, 2.45) is 17.3 Å². The fourth-order valence-corrected chi connectivity index (χ4v) is 6.17. The first-order valence-electron chi connectivity index (χ1n) is 11.6. The molecule has 1 aromatic heterocycles. The number of likely N-dealkylation sites (tertiary alicyclic amines) is 1. The molecule has 2 bridgehead atoms. The van der Waals surface area contributed by atoms with Gasteiger partial charge in [-0.2, -0.15) is 0 Å². The van der Waals surface area contributed by atoms with Gasteiger partial charge in [-0.25, -0.2) is 0 Å². The molecule has 1 spiro atoms. The van der Waals surface area contributed by atoms with Gasteiger partial charge in [0.25, 0.3) is 0 Å². The SMILES string of the molecule is C1=CC2(CCN(Cc3ccc4[nH]c5ccccc5c4c3)CC2)C2=CC3CC3C=C1C2. The first kappa shape index (κ1) is 17.1. The number of fused-ring (bicyclic) bond motifs is 7. The molecule has 1 aliphatic heterocycles. The van der Waals surface area contributed by atoms with Gasteiger partial charge in [0.2, 0.25) is 0 Å². The second-order valence-corrected chi connectivity index (χ2v) is 9.99. The molecule has 2 fully saturated rings. The van der Waals surface area contributed by atoms with Crippen molar-refractivity contribution in [1.29, 1.82) is 0 Å². The highest BCUT2D eigenvalue weighted by atomic mass is 15.1. The lowest BCUT2D eigenvalue weighted by Crippen LogP contribution is -2.40. The van der Waals surface area contributed by atoms with Gasteiger partial charge in [0.1, 0.15) is 0 Å². The summed E-state index contributed by atoms with van der Waals surface area (Å²) in [5.41, 5.74) is 7.56. The monoisotopic (exact) mass is 392 g/mol. The number of benzene rings is 2. The van der Waals surface area contributed by atoms with Crippen molar-refractivity contribution in [1.82, 2.24) is 9.88 Å². The first-order chi connectivity index (χ1) is 14.8. The fraction of sp³-hybridized carbons (Fsp3) is 0.357. The van der Waals surface area contributed by atoms with Gasteiger partial charge in [0, 0.05) is 33.8 Å². The van der Waals surface area contributed by atoms with Crippen LogP contribution in [0.2, 0.25) is 0 Å². The minimum atomic E-state index is 0.339. The molecule has 0 radical (unpaired) electrons. The van der Waals surface area contributed by atoms with E-state index in [2.05, 4.69) is 76.7 Å². The van der Waals surface area contributed by atoms with E-state index in [1.165, 1.54) is 66.1 Å². The minimum Gasteiger partial charge on any atom is -0.355 e. The van der Waals surface area contributed by atoms with Crippen LogP contribution < -0.4 is 0 Å². The first-order valence-corrected chi connectivity index (χ1v) is 11.6. The maximum absolute atomic E-state index is 3.55. The van der Waals surface area contributed by atoms with E-state index in [1.54, 1.807) is 11.1 Å². The number of H-pyrrole nitrogens is 1. The van der Waals surface area contributed by atoms with Crippen LogP contribution >= 0.6 is 0 Å².